The van der Waals surface area contributed by atoms with Gasteiger partial charge in [-0.3, -0.25) is 0 Å². The molecule has 8 aromatic rings. The van der Waals surface area contributed by atoms with Gasteiger partial charge in [0, 0.05) is 16.7 Å². The third-order valence-corrected chi connectivity index (χ3v) is 8.75. The smallest absolute Gasteiger partial charge is 0.160 e. The van der Waals surface area contributed by atoms with Gasteiger partial charge in [0.05, 0.1) is 11.4 Å². The van der Waals surface area contributed by atoms with Crippen molar-refractivity contribution in [3.8, 4) is 78.4 Å². The topological polar surface area (TPSA) is 25.8 Å². The monoisotopic (exact) mass is 612 g/mol. The molecule has 1 heterocycles. The standard InChI is InChI=1S/C46H32N2/c1-4-11-33(12-5-1)34-19-23-37(24-20-34)42-17-10-18-43(31-42)38-25-21-35(22-26-38)36-27-29-40(30-28-36)45-32-44(39-13-6-2-7-14-39)47-46(48-45)41-15-8-3-9-16-41/h1-32H. The second kappa shape index (κ2) is 13.2. The first-order valence-electron chi connectivity index (χ1n) is 16.2. The zero-order valence-electron chi connectivity index (χ0n) is 26.4. The molecule has 226 valence electrons. The Morgan fingerprint density at radius 2 is 0.500 bits per heavy atom. The minimum atomic E-state index is 0.722. The molecule has 0 spiro atoms. The van der Waals surface area contributed by atoms with E-state index < -0.39 is 0 Å². The highest BCUT2D eigenvalue weighted by atomic mass is 14.9. The molecule has 2 heteroatoms. The Balaban J connectivity index is 1.04. The van der Waals surface area contributed by atoms with Crippen LogP contribution in [0.4, 0.5) is 0 Å². The minimum absolute atomic E-state index is 0.722. The van der Waals surface area contributed by atoms with Gasteiger partial charge < -0.3 is 0 Å². The van der Waals surface area contributed by atoms with Gasteiger partial charge in [0.1, 0.15) is 0 Å². The minimum Gasteiger partial charge on any atom is -0.228 e. The summed E-state index contributed by atoms with van der Waals surface area (Å²) in [6, 6.07) is 68.1. The Hall–Kier alpha value is -6.38. The predicted octanol–water partition coefficient (Wildman–Crippen LogP) is 12.1. The van der Waals surface area contributed by atoms with Gasteiger partial charge in [-0.15, -0.1) is 0 Å². The summed E-state index contributed by atoms with van der Waals surface area (Å²) < 4.78 is 0. The molecular formula is C46H32N2. The molecule has 8 rings (SSSR count). The van der Waals surface area contributed by atoms with Gasteiger partial charge in [0.2, 0.25) is 0 Å². The highest BCUT2D eigenvalue weighted by Gasteiger charge is 2.11. The molecule has 0 atom stereocenters. The van der Waals surface area contributed by atoms with Gasteiger partial charge in [-0.2, -0.15) is 0 Å². The number of hydrogen-bond acceptors (Lipinski definition) is 2. The van der Waals surface area contributed by atoms with E-state index in [1.165, 1.54) is 38.9 Å². The first-order chi connectivity index (χ1) is 23.8. The Bertz CT molecular complexity index is 2220. The normalized spacial score (nSPS) is 10.9. The predicted molar refractivity (Wildman–Crippen MR) is 200 cm³/mol. The van der Waals surface area contributed by atoms with Crippen LogP contribution in [0.25, 0.3) is 78.4 Å². The lowest BCUT2D eigenvalue weighted by Gasteiger charge is -2.11. The van der Waals surface area contributed by atoms with E-state index >= 15 is 0 Å². The van der Waals surface area contributed by atoms with Crippen molar-refractivity contribution in [3.63, 3.8) is 0 Å². The number of nitrogens with zero attached hydrogens (tertiary/aromatic N) is 2. The molecule has 0 unspecified atom stereocenters. The maximum atomic E-state index is 4.98. The molecule has 48 heavy (non-hydrogen) atoms. The fourth-order valence-corrected chi connectivity index (χ4v) is 6.12. The van der Waals surface area contributed by atoms with Crippen molar-refractivity contribution >= 4 is 0 Å². The molecule has 2 nitrogen and oxygen atoms in total. The fourth-order valence-electron chi connectivity index (χ4n) is 6.12. The van der Waals surface area contributed by atoms with E-state index in [0.717, 1.165) is 39.5 Å². The maximum absolute atomic E-state index is 4.98. The molecule has 1 aromatic heterocycles. The zero-order valence-corrected chi connectivity index (χ0v) is 26.4. The molecule has 0 bridgehead atoms. The van der Waals surface area contributed by atoms with Crippen LogP contribution < -0.4 is 0 Å². The third kappa shape index (κ3) is 6.20. The maximum Gasteiger partial charge on any atom is 0.160 e. The average molecular weight is 613 g/mol. The van der Waals surface area contributed by atoms with Gasteiger partial charge >= 0.3 is 0 Å². The van der Waals surface area contributed by atoms with Crippen molar-refractivity contribution in [2.45, 2.75) is 0 Å². The van der Waals surface area contributed by atoms with Crippen molar-refractivity contribution in [2.24, 2.45) is 0 Å². The van der Waals surface area contributed by atoms with E-state index in [1.807, 2.05) is 36.4 Å². The van der Waals surface area contributed by atoms with Crippen LogP contribution in [0.2, 0.25) is 0 Å². The van der Waals surface area contributed by atoms with Crippen molar-refractivity contribution in [1.29, 1.82) is 0 Å². The fraction of sp³-hybridized carbons (Fsp3) is 0. The molecule has 0 saturated carbocycles. The van der Waals surface area contributed by atoms with Crippen LogP contribution in [0.1, 0.15) is 0 Å². The van der Waals surface area contributed by atoms with Gasteiger partial charge in [-0.1, -0.05) is 182 Å². The Kier molecular flexibility index (Phi) is 7.96. The summed E-state index contributed by atoms with van der Waals surface area (Å²) in [6.45, 7) is 0. The van der Waals surface area contributed by atoms with Crippen LogP contribution in [0, 0.1) is 0 Å². The lowest BCUT2D eigenvalue weighted by Crippen LogP contribution is -1.95. The summed E-state index contributed by atoms with van der Waals surface area (Å²) in [5, 5.41) is 0. The molecule has 0 N–H and O–H groups in total. The van der Waals surface area contributed by atoms with Crippen LogP contribution in [-0.4, -0.2) is 9.97 Å². The molecule has 0 aliphatic rings. The van der Waals surface area contributed by atoms with Crippen molar-refractivity contribution in [1.82, 2.24) is 9.97 Å². The summed E-state index contributed by atoms with van der Waals surface area (Å²) in [5.74, 6) is 0.722. The average Bonchev–Trinajstić information content (AvgIpc) is 3.19. The van der Waals surface area contributed by atoms with Crippen LogP contribution in [0.3, 0.4) is 0 Å². The first kappa shape index (κ1) is 29.1. The van der Waals surface area contributed by atoms with Gasteiger partial charge in [0.15, 0.2) is 5.82 Å². The second-order valence-electron chi connectivity index (χ2n) is 11.9. The second-order valence-corrected chi connectivity index (χ2v) is 11.9. The lowest BCUT2D eigenvalue weighted by molar-refractivity contribution is 1.18. The van der Waals surface area contributed by atoms with Crippen LogP contribution in [0.5, 0.6) is 0 Å². The molecule has 0 saturated heterocycles. The highest BCUT2D eigenvalue weighted by Crippen LogP contribution is 2.32. The number of hydrogen-bond donors (Lipinski definition) is 0. The van der Waals surface area contributed by atoms with E-state index in [2.05, 4.69) is 158 Å². The summed E-state index contributed by atoms with van der Waals surface area (Å²) in [5.41, 5.74) is 14.6. The van der Waals surface area contributed by atoms with Crippen LogP contribution in [-0.2, 0) is 0 Å². The van der Waals surface area contributed by atoms with E-state index in [1.54, 1.807) is 0 Å². The zero-order chi connectivity index (χ0) is 32.1. The molecule has 7 aromatic carbocycles. The molecule has 0 radical (unpaired) electrons. The SMILES string of the molecule is c1ccc(-c2ccc(-c3cccc(-c4ccc(-c5ccc(-c6cc(-c7ccccc7)nc(-c7ccccc7)n6)cc5)cc4)c3)cc2)cc1. The molecular weight excluding hydrogens is 581 g/mol. The number of rotatable bonds is 7. The van der Waals surface area contributed by atoms with Crippen LogP contribution >= 0.6 is 0 Å². The third-order valence-electron chi connectivity index (χ3n) is 8.75. The summed E-state index contributed by atoms with van der Waals surface area (Å²) >= 11 is 0. The van der Waals surface area contributed by atoms with Crippen LogP contribution in [0.15, 0.2) is 194 Å². The van der Waals surface area contributed by atoms with Gasteiger partial charge in [-0.25, -0.2) is 9.97 Å². The quantitative estimate of drug-likeness (QED) is 0.179. The van der Waals surface area contributed by atoms with Crippen molar-refractivity contribution in [2.75, 3.05) is 0 Å². The van der Waals surface area contributed by atoms with E-state index in [4.69, 9.17) is 9.97 Å². The van der Waals surface area contributed by atoms with Crippen molar-refractivity contribution in [3.05, 3.63) is 194 Å². The summed E-state index contributed by atoms with van der Waals surface area (Å²) in [4.78, 5) is 9.91. The Morgan fingerprint density at radius 3 is 0.938 bits per heavy atom. The Labute approximate surface area is 281 Å². The van der Waals surface area contributed by atoms with E-state index in [0.29, 0.717) is 0 Å². The van der Waals surface area contributed by atoms with Gasteiger partial charge in [-0.05, 0) is 56.6 Å². The highest BCUT2D eigenvalue weighted by molar-refractivity contribution is 5.78. The van der Waals surface area contributed by atoms with Gasteiger partial charge in [0.25, 0.3) is 0 Å². The molecule has 0 fully saturated rings. The number of aromatic nitrogens is 2. The molecule has 0 aliphatic heterocycles. The van der Waals surface area contributed by atoms with E-state index in [9.17, 15) is 0 Å². The summed E-state index contributed by atoms with van der Waals surface area (Å²) in [7, 11) is 0. The summed E-state index contributed by atoms with van der Waals surface area (Å²) in [6.07, 6.45) is 0. The molecule has 0 amide bonds. The van der Waals surface area contributed by atoms with E-state index in [-0.39, 0.29) is 0 Å². The van der Waals surface area contributed by atoms with Crippen molar-refractivity contribution < 1.29 is 0 Å². The Morgan fingerprint density at radius 1 is 0.208 bits per heavy atom. The largest absolute Gasteiger partial charge is 0.228 e. The molecule has 0 aliphatic carbocycles. The lowest BCUT2D eigenvalue weighted by atomic mass is 9.96. The number of benzene rings is 7. The first-order valence-corrected chi connectivity index (χ1v) is 16.2.